The quantitative estimate of drug-likeness (QED) is 0.349. The summed E-state index contributed by atoms with van der Waals surface area (Å²) in [5.74, 6) is 0. The first-order valence-corrected chi connectivity index (χ1v) is 11.5. The maximum Gasteiger partial charge on any atom is 0.176 e. The van der Waals surface area contributed by atoms with Crippen LogP contribution in [0.15, 0.2) is 61.2 Å². The zero-order valence-corrected chi connectivity index (χ0v) is 19.3. The average Bonchev–Trinajstić information content (AvgIpc) is 3.55. The van der Waals surface area contributed by atoms with Gasteiger partial charge in [0, 0.05) is 51.9 Å². The van der Waals surface area contributed by atoms with Crippen LogP contribution in [0.25, 0.3) is 55.0 Å². The molecule has 6 aromatic heterocycles. The molecule has 0 spiro atoms. The third kappa shape index (κ3) is 3.64. The van der Waals surface area contributed by atoms with Gasteiger partial charge >= 0.3 is 0 Å². The molecule has 9 heteroatoms. The van der Waals surface area contributed by atoms with E-state index in [-0.39, 0.29) is 5.13 Å². The molecular formula is C25H20FN7S. The number of pyridine rings is 3. The number of nitrogens with zero attached hydrogens (tertiary/aromatic N) is 5. The number of fused-ring (bicyclic) bond motifs is 2. The van der Waals surface area contributed by atoms with Gasteiger partial charge in [0.05, 0.1) is 23.1 Å². The Balaban J connectivity index is 1.45. The summed E-state index contributed by atoms with van der Waals surface area (Å²) in [6, 6.07) is 11.3. The molecule has 7 nitrogen and oxygen atoms in total. The minimum atomic E-state index is -0.210. The standard InChI is InChI=1S/C25H20FN7S/c1-33(2)13-14-7-15(11-27-10-14)19-9-18-21(12-29-19)31-32-24(18)20-8-17-16(5-6-28-25(17)30-20)22-3-4-23(26)34-22/h3-12H,13H2,1-2H3,(H,28,30)(H,31,32). The van der Waals surface area contributed by atoms with E-state index in [0.29, 0.717) is 0 Å². The van der Waals surface area contributed by atoms with E-state index < -0.39 is 0 Å². The van der Waals surface area contributed by atoms with Crippen LogP contribution in [-0.4, -0.2) is 49.1 Å². The van der Waals surface area contributed by atoms with Crippen molar-refractivity contribution >= 4 is 33.3 Å². The Bertz CT molecular complexity index is 1650. The number of aromatic amines is 2. The van der Waals surface area contributed by atoms with Crippen molar-refractivity contribution in [2.45, 2.75) is 6.54 Å². The molecule has 0 saturated heterocycles. The normalized spacial score (nSPS) is 11.8. The number of rotatable bonds is 5. The number of hydrogen-bond acceptors (Lipinski definition) is 6. The predicted octanol–water partition coefficient (Wildman–Crippen LogP) is 5.49. The molecule has 0 fully saturated rings. The Labute approximate surface area is 198 Å². The first kappa shape index (κ1) is 20.6. The predicted molar refractivity (Wildman–Crippen MR) is 133 cm³/mol. The van der Waals surface area contributed by atoms with Crippen molar-refractivity contribution in [1.29, 1.82) is 0 Å². The Hall–Kier alpha value is -3.95. The van der Waals surface area contributed by atoms with Crippen LogP contribution in [0.1, 0.15) is 5.56 Å². The van der Waals surface area contributed by atoms with Crippen LogP contribution >= 0.6 is 11.3 Å². The molecule has 34 heavy (non-hydrogen) atoms. The van der Waals surface area contributed by atoms with Gasteiger partial charge in [-0.3, -0.25) is 15.1 Å². The minimum absolute atomic E-state index is 0.210. The summed E-state index contributed by atoms with van der Waals surface area (Å²) < 4.78 is 13.6. The zero-order valence-electron chi connectivity index (χ0n) is 18.5. The monoisotopic (exact) mass is 469 g/mol. The van der Waals surface area contributed by atoms with E-state index in [1.54, 1.807) is 18.5 Å². The van der Waals surface area contributed by atoms with Crippen LogP contribution in [-0.2, 0) is 6.54 Å². The van der Waals surface area contributed by atoms with E-state index in [2.05, 4.69) is 41.1 Å². The van der Waals surface area contributed by atoms with Crippen LogP contribution < -0.4 is 0 Å². The zero-order chi connectivity index (χ0) is 23.2. The van der Waals surface area contributed by atoms with Crippen molar-refractivity contribution in [3.63, 3.8) is 0 Å². The van der Waals surface area contributed by atoms with Crippen molar-refractivity contribution in [2.75, 3.05) is 14.1 Å². The van der Waals surface area contributed by atoms with E-state index in [4.69, 9.17) is 0 Å². The van der Waals surface area contributed by atoms with Crippen molar-refractivity contribution < 1.29 is 4.39 Å². The van der Waals surface area contributed by atoms with Gasteiger partial charge in [-0.2, -0.15) is 9.49 Å². The second kappa shape index (κ2) is 8.12. The minimum Gasteiger partial charge on any atom is -0.338 e. The smallest absolute Gasteiger partial charge is 0.176 e. The summed E-state index contributed by atoms with van der Waals surface area (Å²) in [4.78, 5) is 19.8. The van der Waals surface area contributed by atoms with Gasteiger partial charge < -0.3 is 9.88 Å². The SMILES string of the molecule is CN(C)Cc1cncc(-c2cc3c(-c4cc5c(-c6ccc(F)s6)ccnc5[nH]4)n[nH]c3cn2)c1. The van der Waals surface area contributed by atoms with Crippen molar-refractivity contribution in [3.05, 3.63) is 71.9 Å². The fourth-order valence-electron chi connectivity index (χ4n) is 4.19. The van der Waals surface area contributed by atoms with Gasteiger partial charge in [0.1, 0.15) is 11.3 Å². The van der Waals surface area contributed by atoms with Crippen LogP contribution in [0.5, 0.6) is 0 Å². The van der Waals surface area contributed by atoms with Gasteiger partial charge in [-0.05, 0) is 56.1 Å². The summed E-state index contributed by atoms with van der Waals surface area (Å²) in [5.41, 5.74) is 7.01. The highest BCUT2D eigenvalue weighted by atomic mass is 32.1. The largest absolute Gasteiger partial charge is 0.338 e. The maximum atomic E-state index is 13.6. The molecule has 168 valence electrons. The van der Waals surface area contributed by atoms with Crippen LogP contribution in [0.2, 0.25) is 0 Å². The maximum absolute atomic E-state index is 13.6. The number of nitrogens with one attached hydrogen (secondary N) is 2. The van der Waals surface area contributed by atoms with Crippen LogP contribution in [0.4, 0.5) is 4.39 Å². The van der Waals surface area contributed by atoms with Gasteiger partial charge in [0.2, 0.25) is 0 Å². The fourth-order valence-corrected chi connectivity index (χ4v) is 4.96. The molecule has 0 unspecified atom stereocenters. The topological polar surface area (TPSA) is 86.4 Å². The second-order valence-corrected chi connectivity index (χ2v) is 9.45. The summed E-state index contributed by atoms with van der Waals surface area (Å²) in [7, 11) is 4.06. The summed E-state index contributed by atoms with van der Waals surface area (Å²) in [6.07, 6.45) is 7.22. The molecule has 0 amide bonds. The molecule has 6 heterocycles. The molecule has 0 aliphatic heterocycles. The number of H-pyrrole nitrogens is 2. The molecule has 6 aromatic rings. The molecule has 2 N–H and O–H groups in total. The molecule has 0 atom stereocenters. The number of aromatic nitrogens is 6. The van der Waals surface area contributed by atoms with E-state index in [1.807, 2.05) is 44.7 Å². The van der Waals surface area contributed by atoms with Gasteiger partial charge in [0.15, 0.2) is 5.13 Å². The first-order chi connectivity index (χ1) is 16.5. The van der Waals surface area contributed by atoms with Gasteiger partial charge in [0.25, 0.3) is 0 Å². The van der Waals surface area contributed by atoms with E-state index >= 15 is 0 Å². The molecule has 0 aliphatic carbocycles. The van der Waals surface area contributed by atoms with Crippen molar-refractivity contribution in [1.82, 2.24) is 35.0 Å². The summed E-state index contributed by atoms with van der Waals surface area (Å²) >= 11 is 1.12. The lowest BCUT2D eigenvalue weighted by Gasteiger charge is -2.10. The van der Waals surface area contributed by atoms with E-state index in [9.17, 15) is 4.39 Å². The lowest BCUT2D eigenvalue weighted by Crippen LogP contribution is -2.10. The van der Waals surface area contributed by atoms with E-state index in [0.717, 1.165) is 78.5 Å². The molecule has 0 radical (unpaired) electrons. The van der Waals surface area contributed by atoms with Gasteiger partial charge in [-0.1, -0.05) is 0 Å². The molecule has 0 saturated carbocycles. The first-order valence-electron chi connectivity index (χ1n) is 10.7. The molecular weight excluding hydrogens is 449 g/mol. The van der Waals surface area contributed by atoms with Gasteiger partial charge in [-0.25, -0.2) is 4.98 Å². The number of thiophene rings is 1. The Morgan fingerprint density at radius 3 is 2.74 bits per heavy atom. The number of hydrogen-bond donors (Lipinski definition) is 2. The second-order valence-electron chi connectivity index (χ2n) is 8.41. The fraction of sp³-hybridized carbons (Fsp3) is 0.120. The van der Waals surface area contributed by atoms with E-state index in [1.165, 1.54) is 6.07 Å². The Kier molecular flexibility index (Phi) is 4.93. The lowest BCUT2D eigenvalue weighted by molar-refractivity contribution is 0.402. The van der Waals surface area contributed by atoms with Crippen LogP contribution in [0, 0.1) is 5.13 Å². The molecule has 0 aromatic carbocycles. The average molecular weight is 470 g/mol. The Morgan fingerprint density at radius 1 is 1.00 bits per heavy atom. The molecule has 0 bridgehead atoms. The molecule has 6 rings (SSSR count). The highest BCUT2D eigenvalue weighted by molar-refractivity contribution is 7.14. The van der Waals surface area contributed by atoms with Crippen LogP contribution in [0.3, 0.4) is 0 Å². The van der Waals surface area contributed by atoms with Crippen molar-refractivity contribution in [3.8, 4) is 33.1 Å². The van der Waals surface area contributed by atoms with Crippen molar-refractivity contribution in [2.24, 2.45) is 0 Å². The number of halogens is 1. The molecule has 0 aliphatic rings. The third-order valence-corrected chi connectivity index (χ3v) is 6.57. The third-order valence-electron chi connectivity index (χ3n) is 5.66. The lowest BCUT2D eigenvalue weighted by atomic mass is 10.1. The Morgan fingerprint density at radius 2 is 1.91 bits per heavy atom. The highest BCUT2D eigenvalue weighted by Crippen LogP contribution is 2.36. The van der Waals surface area contributed by atoms with Gasteiger partial charge in [-0.15, -0.1) is 11.3 Å². The summed E-state index contributed by atoms with van der Waals surface area (Å²) in [5, 5.41) is 9.28. The summed E-state index contributed by atoms with van der Waals surface area (Å²) in [6.45, 7) is 0.804. The highest BCUT2D eigenvalue weighted by Gasteiger charge is 2.16.